The number of carbonyl (C=O) groups excluding carboxylic acids is 1. The molecule has 1 aromatic heterocycles. The van der Waals surface area contributed by atoms with Gasteiger partial charge in [0.15, 0.2) is 0 Å². The van der Waals surface area contributed by atoms with E-state index in [0.717, 1.165) is 18.4 Å². The minimum atomic E-state index is -0.0329. The van der Waals surface area contributed by atoms with Crippen molar-refractivity contribution < 1.29 is 4.79 Å². The van der Waals surface area contributed by atoms with Crippen molar-refractivity contribution in [1.29, 1.82) is 0 Å². The van der Waals surface area contributed by atoms with E-state index in [1.165, 1.54) is 17.8 Å². The number of carbonyl (C=O) groups is 1. The first-order valence-corrected chi connectivity index (χ1v) is 7.69. The van der Waals surface area contributed by atoms with Gasteiger partial charge in [0.05, 0.1) is 6.54 Å². The zero-order valence-corrected chi connectivity index (χ0v) is 12.8. The molecule has 1 amide bonds. The summed E-state index contributed by atoms with van der Waals surface area (Å²) in [6, 6.07) is 1.87. The average molecular weight is 291 g/mol. The molecular weight excluding hydrogens is 270 g/mol. The van der Waals surface area contributed by atoms with E-state index in [-0.39, 0.29) is 11.4 Å². The Morgan fingerprint density at radius 2 is 2.30 bits per heavy atom. The van der Waals surface area contributed by atoms with Crippen LogP contribution in [0.1, 0.15) is 34.5 Å². The van der Waals surface area contributed by atoms with Crippen LogP contribution in [0.4, 0.5) is 0 Å². The summed E-state index contributed by atoms with van der Waals surface area (Å²) in [5.41, 5.74) is 6.27. The highest BCUT2D eigenvalue weighted by atomic mass is 32.1. The molecule has 0 unspecified atom stereocenters. The Labute approximate surface area is 124 Å². The largest absolute Gasteiger partial charge is 0.349 e. The van der Waals surface area contributed by atoms with Crippen molar-refractivity contribution in [1.82, 2.24) is 10.2 Å². The van der Waals surface area contributed by atoms with Crippen LogP contribution in [0.15, 0.2) is 11.4 Å². The van der Waals surface area contributed by atoms with Crippen molar-refractivity contribution in [3.63, 3.8) is 0 Å². The summed E-state index contributed by atoms with van der Waals surface area (Å²) >= 11 is 1.42. The van der Waals surface area contributed by atoms with Crippen LogP contribution in [0.2, 0.25) is 0 Å². The number of nitrogens with two attached hydrogens (primary N) is 1. The Kier molecular flexibility index (Phi) is 4.81. The number of nitrogens with one attached hydrogen (secondary N) is 1. The highest BCUT2D eigenvalue weighted by Crippen LogP contribution is 2.35. The smallest absolute Gasteiger partial charge is 0.262 e. The fraction of sp³-hybridized carbons (Fsp3) is 0.533. The molecule has 0 spiro atoms. The molecule has 1 aromatic rings. The first kappa shape index (κ1) is 15.0. The Morgan fingerprint density at radius 1 is 1.55 bits per heavy atom. The van der Waals surface area contributed by atoms with Crippen molar-refractivity contribution in [2.45, 2.75) is 24.8 Å². The molecule has 5 heteroatoms. The van der Waals surface area contributed by atoms with Gasteiger partial charge in [-0.3, -0.25) is 4.79 Å². The first-order valence-electron chi connectivity index (χ1n) is 6.81. The summed E-state index contributed by atoms with van der Waals surface area (Å²) in [6.45, 7) is 1.00. The maximum atomic E-state index is 12.3. The minimum absolute atomic E-state index is 0.0329. The van der Waals surface area contributed by atoms with Gasteiger partial charge in [0.25, 0.3) is 5.91 Å². The molecule has 0 saturated heterocycles. The van der Waals surface area contributed by atoms with Gasteiger partial charge in [0, 0.05) is 17.6 Å². The average Bonchev–Trinajstić information content (AvgIpc) is 2.82. The second-order valence-corrected chi connectivity index (χ2v) is 6.24. The zero-order chi connectivity index (χ0) is 14.6. The Hall–Kier alpha value is -1.35. The van der Waals surface area contributed by atoms with Gasteiger partial charge in [0.1, 0.15) is 4.88 Å². The third-order valence-electron chi connectivity index (χ3n) is 4.01. The molecule has 1 aliphatic rings. The Balaban J connectivity index is 2.00. The third-order valence-corrected chi connectivity index (χ3v) is 4.92. The second-order valence-electron chi connectivity index (χ2n) is 5.32. The molecule has 1 aliphatic carbocycles. The van der Waals surface area contributed by atoms with Gasteiger partial charge in [-0.05, 0) is 44.8 Å². The van der Waals surface area contributed by atoms with Crippen molar-refractivity contribution in [3.8, 4) is 11.8 Å². The number of nitrogens with zero attached hydrogens (tertiary/aromatic N) is 1. The predicted molar refractivity (Wildman–Crippen MR) is 82.9 cm³/mol. The van der Waals surface area contributed by atoms with Crippen LogP contribution < -0.4 is 11.1 Å². The summed E-state index contributed by atoms with van der Waals surface area (Å²) in [5.74, 6) is 5.71. The van der Waals surface area contributed by atoms with Gasteiger partial charge in [-0.1, -0.05) is 11.8 Å². The van der Waals surface area contributed by atoms with E-state index in [9.17, 15) is 4.79 Å². The van der Waals surface area contributed by atoms with E-state index in [1.807, 2.05) is 11.4 Å². The van der Waals surface area contributed by atoms with Crippen LogP contribution in [0, 0.1) is 11.8 Å². The number of likely N-dealkylation sites (N-methyl/N-ethyl adjacent to an activating group) is 1. The van der Waals surface area contributed by atoms with E-state index in [4.69, 9.17) is 5.73 Å². The molecule has 0 radical (unpaired) electrons. The fourth-order valence-corrected chi connectivity index (χ4v) is 3.19. The van der Waals surface area contributed by atoms with E-state index in [2.05, 4.69) is 36.2 Å². The van der Waals surface area contributed by atoms with Crippen LogP contribution in [0.3, 0.4) is 0 Å². The maximum absolute atomic E-state index is 12.3. The molecule has 1 fully saturated rings. The minimum Gasteiger partial charge on any atom is -0.349 e. The number of hydrogen-bond donors (Lipinski definition) is 2. The SMILES string of the molecule is CN(C)C1(CNC(=O)c2sccc2C#CCN)CCC1. The van der Waals surface area contributed by atoms with Crippen LogP contribution in [-0.2, 0) is 0 Å². The van der Waals surface area contributed by atoms with E-state index in [0.29, 0.717) is 18.0 Å². The lowest BCUT2D eigenvalue weighted by Gasteiger charge is -2.47. The second kappa shape index (κ2) is 6.40. The van der Waals surface area contributed by atoms with Crippen molar-refractivity contribution in [2.24, 2.45) is 5.73 Å². The highest BCUT2D eigenvalue weighted by molar-refractivity contribution is 7.12. The van der Waals surface area contributed by atoms with E-state index in [1.54, 1.807) is 0 Å². The van der Waals surface area contributed by atoms with Gasteiger partial charge in [-0.2, -0.15) is 0 Å². The molecule has 1 saturated carbocycles. The molecule has 3 N–H and O–H groups in total. The summed E-state index contributed by atoms with van der Waals surface area (Å²) in [6.07, 6.45) is 3.52. The van der Waals surface area contributed by atoms with E-state index < -0.39 is 0 Å². The molecule has 4 nitrogen and oxygen atoms in total. The quantitative estimate of drug-likeness (QED) is 0.822. The number of thiophene rings is 1. The number of hydrogen-bond acceptors (Lipinski definition) is 4. The third kappa shape index (κ3) is 3.04. The molecule has 0 bridgehead atoms. The fourth-order valence-electron chi connectivity index (χ4n) is 2.42. The van der Waals surface area contributed by atoms with Crippen molar-refractivity contribution in [2.75, 3.05) is 27.2 Å². The van der Waals surface area contributed by atoms with Crippen LogP contribution in [-0.4, -0.2) is 43.5 Å². The molecule has 2 rings (SSSR count). The first-order chi connectivity index (χ1) is 9.59. The highest BCUT2D eigenvalue weighted by Gasteiger charge is 2.39. The van der Waals surface area contributed by atoms with Crippen LogP contribution in [0.5, 0.6) is 0 Å². The van der Waals surface area contributed by atoms with Crippen molar-refractivity contribution >= 4 is 17.2 Å². The monoisotopic (exact) mass is 291 g/mol. The van der Waals surface area contributed by atoms with Gasteiger partial charge < -0.3 is 16.0 Å². The number of rotatable bonds is 4. The van der Waals surface area contributed by atoms with Gasteiger partial charge >= 0.3 is 0 Å². The molecule has 20 heavy (non-hydrogen) atoms. The summed E-state index contributed by atoms with van der Waals surface area (Å²) in [7, 11) is 4.16. The lowest BCUT2D eigenvalue weighted by Crippen LogP contribution is -2.57. The summed E-state index contributed by atoms with van der Waals surface area (Å²) in [5, 5.41) is 4.95. The maximum Gasteiger partial charge on any atom is 0.262 e. The predicted octanol–water partition coefficient (Wildman–Crippen LogP) is 1.27. The van der Waals surface area contributed by atoms with E-state index >= 15 is 0 Å². The summed E-state index contributed by atoms with van der Waals surface area (Å²) < 4.78 is 0. The molecule has 0 atom stereocenters. The Morgan fingerprint density at radius 3 is 2.85 bits per heavy atom. The van der Waals surface area contributed by atoms with Crippen LogP contribution in [0.25, 0.3) is 0 Å². The van der Waals surface area contributed by atoms with Gasteiger partial charge in [0.2, 0.25) is 0 Å². The van der Waals surface area contributed by atoms with Crippen LogP contribution >= 0.6 is 11.3 Å². The molecule has 108 valence electrons. The topological polar surface area (TPSA) is 58.4 Å². The Bertz CT molecular complexity index is 535. The zero-order valence-electron chi connectivity index (χ0n) is 12.0. The van der Waals surface area contributed by atoms with Gasteiger partial charge in [-0.15, -0.1) is 11.3 Å². The number of amides is 1. The summed E-state index contributed by atoms with van der Waals surface area (Å²) in [4.78, 5) is 15.2. The lowest BCUT2D eigenvalue weighted by atomic mass is 9.75. The molecule has 0 aromatic carbocycles. The molecule has 1 heterocycles. The van der Waals surface area contributed by atoms with Gasteiger partial charge in [-0.25, -0.2) is 0 Å². The normalized spacial score (nSPS) is 16.2. The molecule has 0 aliphatic heterocycles. The lowest BCUT2D eigenvalue weighted by molar-refractivity contribution is 0.0559. The van der Waals surface area contributed by atoms with Crippen molar-refractivity contribution in [3.05, 3.63) is 21.9 Å². The standard InChI is InChI=1S/C15H21N3OS/c1-18(2)15(7-4-8-15)11-17-14(19)13-12(5-3-9-16)6-10-20-13/h6,10H,4,7-9,11,16H2,1-2H3,(H,17,19). The molecular formula is C15H21N3OS.